The molecule has 1 aromatic carbocycles. The van der Waals surface area contributed by atoms with Crippen LogP contribution in [0.4, 0.5) is 0 Å². The van der Waals surface area contributed by atoms with Crippen molar-refractivity contribution in [2.45, 2.75) is 38.9 Å². The van der Waals surface area contributed by atoms with Gasteiger partial charge in [0.15, 0.2) is 0 Å². The minimum atomic E-state index is -0.209. The normalized spacial score (nSPS) is 19.5. The average Bonchev–Trinajstić information content (AvgIpc) is 3.18. The Morgan fingerprint density at radius 3 is 2.43 bits per heavy atom. The number of hydrogen-bond acceptors (Lipinski definition) is 6. The highest BCUT2D eigenvalue weighted by Gasteiger charge is 2.37. The Kier molecular flexibility index (Phi) is 7.75. The van der Waals surface area contributed by atoms with Gasteiger partial charge in [-0.25, -0.2) is 0 Å². The number of fused-ring (bicyclic) bond motifs is 1. The zero-order valence-corrected chi connectivity index (χ0v) is 23.0. The van der Waals surface area contributed by atoms with Crippen molar-refractivity contribution in [3.05, 3.63) is 50.8 Å². The molecular weight excluding hydrogens is 511 g/mol. The highest BCUT2D eigenvalue weighted by Crippen LogP contribution is 2.39. The molecule has 8 nitrogen and oxygen atoms in total. The quantitative estimate of drug-likeness (QED) is 0.622. The number of pyridine rings is 1. The van der Waals surface area contributed by atoms with Crippen LogP contribution in [-0.2, 0) is 17.9 Å². The number of hydrogen-bond donors (Lipinski definition) is 1. The first kappa shape index (κ1) is 26.4. The molecule has 3 aliphatic heterocycles. The van der Waals surface area contributed by atoms with E-state index in [1.807, 2.05) is 17.9 Å². The molecule has 3 aliphatic rings. The summed E-state index contributed by atoms with van der Waals surface area (Å²) in [5.41, 5.74) is 10.2. The molecular formula is C27H34Cl2N6O2. The first-order valence-corrected chi connectivity index (χ1v) is 13.7. The Bertz CT molecular complexity index is 1210. The van der Waals surface area contributed by atoms with Crippen molar-refractivity contribution >= 4 is 35.0 Å². The van der Waals surface area contributed by atoms with Gasteiger partial charge in [-0.1, -0.05) is 29.3 Å². The number of carbonyl (C=O) groups is 2. The van der Waals surface area contributed by atoms with Gasteiger partial charge in [-0.15, -0.1) is 0 Å². The number of benzene rings is 1. The molecule has 0 spiro atoms. The summed E-state index contributed by atoms with van der Waals surface area (Å²) in [5, 5.41) is 0.959. The lowest BCUT2D eigenvalue weighted by Gasteiger charge is -2.42. The van der Waals surface area contributed by atoms with Crippen LogP contribution in [0.25, 0.3) is 11.1 Å². The maximum atomic E-state index is 13.6. The van der Waals surface area contributed by atoms with E-state index in [9.17, 15) is 9.59 Å². The van der Waals surface area contributed by atoms with Gasteiger partial charge in [0.05, 0.1) is 17.8 Å². The van der Waals surface area contributed by atoms with Gasteiger partial charge in [0.25, 0.3) is 5.91 Å². The molecule has 10 heteroatoms. The highest BCUT2D eigenvalue weighted by atomic mass is 35.5. The van der Waals surface area contributed by atoms with Crippen molar-refractivity contribution in [2.75, 3.05) is 52.9 Å². The smallest absolute Gasteiger partial charge is 0.257 e. The fourth-order valence-electron chi connectivity index (χ4n) is 5.86. The summed E-state index contributed by atoms with van der Waals surface area (Å²) >= 11 is 12.7. The predicted octanol–water partition coefficient (Wildman–Crippen LogP) is 3.02. The zero-order valence-electron chi connectivity index (χ0n) is 21.5. The Morgan fingerprint density at radius 1 is 1.08 bits per heavy atom. The Labute approximate surface area is 228 Å². The summed E-state index contributed by atoms with van der Waals surface area (Å²) in [7, 11) is 2.16. The summed E-state index contributed by atoms with van der Waals surface area (Å²) in [6.07, 6.45) is 1.95. The molecule has 4 heterocycles. The second kappa shape index (κ2) is 10.9. The van der Waals surface area contributed by atoms with Crippen molar-refractivity contribution in [3.63, 3.8) is 0 Å². The minimum absolute atomic E-state index is 0.0140. The van der Waals surface area contributed by atoms with Crippen molar-refractivity contribution < 1.29 is 9.59 Å². The van der Waals surface area contributed by atoms with Gasteiger partial charge >= 0.3 is 0 Å². The molecule has 0 unspecified atom stereocenters. The SMILES string of the molecule is Cc1nc2c(c(-c3ccc(Cl)cc3Cl)c1CN)C(=O)N(CC(=O)N1CCC(N3CCN(C)CC3)CC1)C2. The number of piperidine rings is 1. The van der Waals surface area contributed by atoms with Crippen LogP contribution in [0.5, 0.6) is 0 Å². The fourth-order valence-corrected chi connectivity index (χ4v) is 6.36. The summed E-state index contributed by atoms with van der Waals surface area (Å²) in [5.74, 6) is -0.223. The Balaban J connectivity index is 1.30. The molecule has 0 radical (unpaired) electrons. The monoisotopic (exact) mass is 544 g/mol. The number of rotatable bonds is 5. The number of likely N-dealkylation sites (N-methyl/N-ethyl adjacent to an activating group) is 1. The molecule has 5 rings (SSSR count). The van der Waals surface area contributed by atoms with E-state index in [1.165, 1.54) is 0 Å². The van der Waals surface area contributed by atoms with Crippen LogP contribution < -0.4 is 5.73 Å². The van der Waals surface area contributed by atoms with Gasteiger partial charge in [0.1, 0.15) is 6.54 Å². The minimum Gasteiger partial charge on any atom is -0.341 e. The van der Waals surface area contributed by atoms with E-state index in [0.717, 1.165) is 63.4 Å². The van der Waals surface area contributed by atoms with Crippen LogP contribution in [0.15, 0.2) is 18.2 Å². The third-order valence-corrected chi connectivity index (χ3v) is 8.57. The van der Waals surface area contributed by atoms with Gasteiger partial charge < -0.3 is 20.4 Å². The molecule has 198 valence electrons. The lowest BCUT2D eigenvalue weighted by Crippen LogP contribution is -2.53. The van der Waals surface area contributed by atoms with Crippen LogP contribution in [-0.4, -0.2) is 95.3 Å². The van der Waals surface area contributed by atoms with Crippen molar-refractivity contribution in [2.24, 2.45) is 5.73 Å². The van der Waals surface area contributed by atoms with E-state index in [4.69, 9.17) is 33.9 Å². The van der Waals surface area contributed by atoms with Crippen LogP contribution in [0.2, 0.25) is 10.0 Å². The van der Waals surface area contributed by atoms with Gasteiger partial charge in [-0.3, -0.25) is 19.5 Å². The first-order valence-electron chi connectivity index (χ1n) is 12.9. The van der Waals surface area contributed by atoms with E-state index < -0.39 is 0 Å². The lowest BCUT2D eigenvalue weighted by molar-refractivity contribution is -0.133. The molecule has 2 aromatic rings. The maximum absolute atomic E-state index is 13.6. The first-order chi connectivity index (χ1) is 17.8. The van der Waals surface area contributed by atoms with Crippen LogP contribution in [0.3, 0.4) is 0 Å². The molecule has 2 fully saturated rings. The van der Waals surface area contributed by atoms with E-state index >= 15 is 0 Å². The average molecular weight is 546 g/mol. The third-order valence-electron chi connectivity index (χ3n) is 8.02. The third kappa shape index (κ3) is 5.22. The number of halogens is 2. The standard InChI is InChI=1S/C27H34Cl2N6O2/c1-17-21(14-30)25(20-4-3-18(28)13-22(20)29)26-23(31-17)15-35(27(26)37)16-24(36)34-7-5-19(6-8-34)33-11-9-32(2)10-12-33/h3-4,13,19H,5-12,14-16,30H2,1-2H3. The van der Waals surface area contributed by atoms with Crippen LogP contribution in [0, 0.1) is 6.92 Å². The molecule has 2 N–H and O–H groups in total. The molecule has 0 aliphatic carbocycles. The van der Waals surface area contributed by atoms with Gasteiger partial charge in [-0.05, 0) is 44.5 Å². The summed E-state index contributed by atoms with van der Waals surface area (Å²) < 4.78 is 0. The second-order valence-electron chi connectivity index (χ2n) is 10.3. The topological polar surface area (TPSA) is 86.0 Å². The van der Waals surface area contributed by atoms with Crippen molar-refractivity contribution in [1.82, 2.24) is 24.6 Å². The molecule has 0 saturated carbocycles. The molecule has 2 amide bonds. The summed E-state index contributed by atoms with van der Waals surface area (Å²) in [6, 6.07) is 5.75. The molecule has 0 bridgehead atoms. The number of aromatic nitrogens is 1. The van der Waals surface area contributed by atoms with E-state index in [0.29, 0.717) is 45.0 Å². The Morgan fingerprint density at radius 2 is 1.78 bits per heavy atom. The van der Waals surface area contributed by atoms with Crippen LogP contribution in [0.1, 0.15) is 40.2 Å². The fraction of sp³-hybridized carbons (Fsp3) is 0.519. The zero-order chi connectivity index (χ0) is 26.3. The van der Waals surface area contributed by atoms with E-state index in [1.54, 1.807) is 17.0 Å². The van der Waals surface area contributed by atoms with E-state index in [2.05, 4.69) is 16.8 Å². The molecule has 37 heavy (non-hydrogen) atoms. The Hall–Kier alpha value is -2.23. The lowest BCUT2D eigenvalue weighted by atomic mass is 9.93. The van der Waals surface area contributed by atoms with Crippen molar-refractivity contribution in [3.8, 4) is 11.1 Å². The molecule has 0 atom stereocenters. The van der Waals surface area contributed by atoms with E-state index in [-0.39, 0.29) is 24.9 Å². The largest absolute Gasteiger partial charge is 0.341 e. The summed E-state index contributed by atoms with van der Waals surface area (Å²) in [4.78, 5) is 40.0. The predicted molar refractivity (Wildman–Crippen MR) is 146 cm³/mol. The van der Waals surface area contributed by atoms with Crippen molar-refractivity contribution in [1.29, 1.82) is 0 Å². The number of likely N-dealkylation sites (tertiary alicyclic amines) is 1. The van der Waals surface area contributed by atoms with Crippen LogP contribution >= 0.6 is 23.2 Å². The number of aryl methyl sites for hydroxylation is 1. The second-order valence-corrected chi connectivity index (χ2v) is 11.2. The number of carbonyl (C=O) groups excluding carboxylic acids is 2. The summed E-state index contributed by atoms with van der Waals surface area (Å²) in [6.45, 7) is 8.27. The van der Waals surface area contributed by atoms with Gasteiger partial charge in [0, 0.05) is 78.7 Å². The number of nitrogens with zero attached hydrogens (tertiary/aromatic N) is 5. The van der Waals surface area contributed by atoms with Gasteiger partial charge in [0.2, 0.25) is 5.91 Å². The molecule has 2 saturated heterocycles. The molecule has 1 aromatic heterocycles. The van der Waals surface area contributed by atoms with Gasteiger partial charge in [-0.2, -0.15) is 0 Å². The number of piperazine rings is 1. The maximum Gasteiger partial charge on any atom is 0.257 e. The highest BCUT2D eigenvalue weighted by molar-refractivity contribution is 6.36. The number of nitrogens with two attached hydrogens (primary N) is 1. The number of amides is 2.